The molecule has 0 amide bonds. The SMILES string of the molecule is CCCCCCCCCCCCCC(=O)OC=C(C)CCC[C@@H](C)[C@H]1CC[C@H]2[C@@H]3CCC4CCCC[C@]4(C)[C@H]3CC[C@]12C. The zero-order valence-corrected chi connectivity index (χ0v) is 29.5. The van der Waals surface area contributed by atoms with Crippen LogP contribution in [0.1, 0.15) is 195 Å². The second-order valence-electron chi connectivity index (χ2n) is 16.7. The van der Waals surface area contributed by atoms with Gasteiger partial charge >= 0.3 is 5.97 Å². The molecule has 0 saturated heterocycles. The molecule has 0 radical (unpaired) electrons. The van der Waals surface area contributed by atoms with E-state index >= 15 is 0 Å². The van der Waals surface area contributed by atoms with Gasteiger partial charge in [0.15, 0.2) is 0 Å². The molecule has 0 bridgehead atoms. The van der Waals surface area contributed by atoms with E-state index in [2.05, 4.69) is 34.6 Å². The van der Waals surface area contributed by atoms with Crippen LogP contribution in [-0.4, -0.2) is 5.97 Å². The number of unbranched alkanes of at least 4 members (excludes halogenated alkanes) is 10. The van der Waals surface area contributed by atoms with Crippen molar-refractivity contribution < 1.29 is 9.53 Å². The van der Waals surface area contributed by atoms with Gasteiger partial charge in [0.1, 0.15) is 0 Å². The van der Waals surface area contributed by atoms with E-state index in [1.54, 1.807) is 6.26 Å². The molecule has 1 unspecified atom stereocenters. The Morgan fingerprint density at radius 1 is 0.744 bits per heavy atom. The maximum Gasteiger partial charge on any atom is 0.310 e. The molecule has 4 aliphatic carbocycles. The number of hydrogen-bond donors (Lipinski definition) is 0. The van der Waals surface area contributed by atoms with Crippen molar-refractivity contribution in [2.45, 2.75) is 195 Å². The molecule has 0 aromatic carbocycles. The third-order valence-electron chi connectivity index (χ3n) is 14.0. The monoisotopic (exact) mass is 597 g/mol. The van der Waals surface area contributed by atoms with E-state index in [0.717, 1.165) is 54.8 Å². The van der Waals surface area contributed by atoms with Crippen molar-refractivity contribution in [3.63, 3.8) is 0 Å². The van der Waals surface area contributed by atoms with Gasteiger partial charge in [-0.25, -0.2) is 0 Å². The molecule has 2 heteroatoms. The van der Waals surface area contributed by atoms with Crippen LogP contribution >= 0.6 is 0 Å². The van der Waals surface area contributed by atoms with E-state index in [9.17, 15) is 4.79 Å². The fourth-order valence-corrected chi connectivity index (χ4v) is 11.4. The smallest absolute Gasteiger partial charge is 0.310 e. The molecule has 4 fully saturated rings. The summed E-state index contributed by atoms with van der Waals surface area (Å²) in [6.07, 6.45) is 35.4. The molecule has 8 atom stereocenters. The zero-order valence-electron chi connectivity index (χ0n) is 29.5. The minimum atomic E-state index is -0.0414. The highest BCUT2D eigenvalue weighted by Crippen LogP contribution is 2.68. The van der Waals surface area contributed by atoms with Gasteiger partial charge in [0.2, 0.25) is 0 Å². The van der Waals surface area contributed by atoms with Crippen LogP contribution in [0.2, 0.25) is 0 Å². The molecule has 248 valence electrons. The van der Waals surface area contributed by atoms with Gasteiger partial charge in [0.25, 0.3) is 0 Å². The molecule has 0 aromatic rings. The number of fused-ring (bicyclic) bond motifs is 5. The molecular formula is C41H72O2. The molecule has 0 N–H and O–H groups in total. The lowest BCUT2D eigenvalue weighted by Gasteiger charge is -2.61. The fourth-order valence-electron chi connectivity index (χ4n) is 11.4. The lowest BCUT2D eigenvalue weighted by atomic mass is 9.44. The second-order valence-corrected chi connectivity index (χ2v) is 16.7. The standard InChI is InChI=1S/C41H72O2/c1-6-7-8-9-10-11-12-13-14-15-16-23-39(42)43-31-32(2)20-19-21-33(3)36-26-27-37-35-25-24-34-22-17-18-29-40(34,4)38(35)28-30-41(36,37)5/h31,33-38H,6-30H2,1-5H3/t33-,34?,35+,36-,37+,38+,40+,41-/m1/s1. The Morgan fingerprint density at radius 2 is 1.42 bits per heavy atom. The van der Waals surface area contributed by atoms with E-state index < -0.39 is 0 Å². The van der Waals surface area contributed by atoms with E-state index in [1.165, 1.54) is 140 Å². The van der Waals surface area contributed by atoms with Crippen molar-refractivity contribution in [3.05, 3.63) is 11.8 Å². The highest BCUT2D eigenvalue weighted by Gasteiger charge is 2.60. The number of hydrogen-bond acceptors (Lipinski definition) is 2. The summed E-state index contributed by atoms with van der Waals surface area (Å²) in [5, 5.41) is 0. The Labute approximate surface area is 268 Å². The molecule has 43 heavy (non-hydrogen) atoms. The number of carbonyl (C=O) groups excluding carboxylic acids is 1. The van der Waals surface area contributed by atoms with Crippen molar-refractivity contribution in [1.82, 2.24) is 0 Å². The Kier molecular flexibility index (Phi) is 14.0. The van der Waals surface area contributed by atoms with Crippen molar-refractivity contribution in [3.8, 4) is 0 Å². The number of esters is 1. The first-order valence-corrected chi connectivity index (χ1v) is 19.6. The van der Waals surface area contributed by atoms with Crippen LogP contribution < -0.4 is 0 Å². The van der Waals surface area contributed by atoms with Gasteiger partial charge in [-0.05, 0) is 129 Å². The van der Waals surface area contributed by atoms with Crippen LogP contribution in [0.25, 0.3) is 0 Å². The number of rotatable bonds is 18. The third kappa shape index (κ3) is 9.15. The predicted octanol–water partition coefficient (Wildman–Crippen LogP) is 13.0. The minimum Gasteiger partial charge on any atom is -0.435 e. The Hall–Kier alpha value is -0.790. The third-order valence-corrected chi connectivity index (χ3v) is 14.0. The second kappa shape index (κ2) is 17.2. The molecule has 2 nitrogen and oxygen atoms in total. The van der Waals surface area contributed by atoms with Crippen LogP contribution in [0, 0.1) is 46.3 Å². The minimum absolute atomic E-state index is 0.0414. The first-order chi connectivity index (χ1) is 20.8. The van der Waals surface area contributed by atoms with Crippen molar-refractivity contribution >= 4 is 5.97 Å². The average molecular weight is 597 g/mol. The molecule has 0 aromatic heterocycles. The van der Waals surface area contributed by atoms with Gasteiger partial charge in [-0.3, -0.25) is 4.79 Å². The summed E-state index contributed by atoms with van der Waals surface area (Å²) in [6.45, 7) is 12.4. The van der Waals surface area contributed by atoms with Crippen LogP contribution in [0.3, 0.4) is 0 Å². The molecule has 0 spiro atoms. The molecular weight excluding hydrogens is 524 g/mol. The molecule has 4 aliphatic rings. The van der Waals surface area contributed by atoms with Gasteiger partial charge in [0, 0.05) is 6.42 Å². The highest BCUT2D eigenvalue weighted by molar-refractivity contribution is 5.69. The quantitative estimate of drug-likeness (QED) is 0.0893. The number of ether oxygens (including phenoxy) is 1. The first-order valence-electron chi connectivity index (χ1n) is 19.6. The van der Waals surface area contributed by atoms with Crippen LogP contribution in [-0.2, 0) is 9.53 Å². The maximum absolute atomic E-state index is 12.3. The Bertz CT molecular complexity index is 860. The lowest BCUT2D eigenvalue weighted by molar-refractivity contribution is -0.138. The average Bonchev–Trinajstić information content (AvgIpc) is 3.36. The van der Waals surface area contributed by atoms with E-state index in [0.29, 0.717) is 17.3 Å². The Balaban J connectivity index is 1.09. The summed E-state index contributed by atoms with van der Waals surface area (Å²) >= 11 is 0. The summed E-state index contributed by atoms with van der Waals surface area (Å²) in [7, 11) is 0. The fraction of sp³-hybridized carbons (Fsp3) is 0.927. The number of carbonyl (C=O) groups is 1. The van der Waals surface area contributed by atoms with Crippen LogP contribution in [0.5, 0.6) is 0 Å². The van der Waals surface area contributed by atoms with Crippen molar-refractivity contribution in [2.75, 3.05) is 0 Å². The zero-order chi connectivity index (χ0) is 30.7. The molecule has 0 heterocycles. The largest absolute Gasteiger partial charge is 0.435 e. The summed E-state index contributed by atoms with van der Waals surface area (Å²) < 4.78 is 5.53. The highest BCUT2D eigenvalue weighted by atomic mass is 16.5. The van der Waals surface area contributed by atoms with Gasteiger partial charge in [-0.2, -0.15) is 0 Å². The topological polar surface area (TPSA) is 26.3 Å². The lowest BCUT2D eigenvalue weighted by Crippen LogP contribution is -2.53. The van der Waals surface area contributed by atoms with Crippen molar-refractivity contribution in [2.24, 2.45) is 46.3 Å². The van der Waals surface area contributed by atoms with Gasteiger partial charge in [0.05, 0.1) is 6.26 Å². The maximum atomic E-state index is 12.3. The summed E-state index contributed by atoms with van der Waals surface area (Å²) in [6, 6.07) is 0. The Morgan fingerprint density at radius 3 is 2.14 bits per heavy atom. The number of allylic oxidation sites excluding steroid dienone is 1. The predicted molar refractivity (Wildman–Crippen MR) is 184 cm³/mol. The first kappa shape index (κ1) is 35.1. The summed E-state index contributed by atoms with van der Waals surface area (Å²) in [5.74, 6) is 5.72. The molecule has 4 rings (SSSR count). The van der Waals surface area contributed by atoms with Crippen LogP contribution in [0.4, 0.5) is 0 Å². The molecule has 0 aliphatic heterocycles. The van der Waals surface area contributed by atoms with Gasteiger partial charge in [-0.1, -0.05) is 111 Å². The van der Waals surface area contributed by atoms with Crippen molar-refractivity contribution in [1.29, 1.82) is 0 Å². The molecule has 4 saturated carbocycles. The summed E-state index contributed by atoms with van der Waals surface area (Å²) in [4.78, 5) is 12.3. The normalized spacial score (nSPS) is 34.7. The van der Waals surface area contributed by atoms with Crippen LogP contribution in [0.15, 0.2) is 11.8 Å². The summed E-state index contributed by atoms with van der Waals surface area (Å²) in [5.41, 5.74) is 2.47. The van der Waals surface area contributed by atoms with Gasteiger partial charge < -0.3 is 4.74 Å². The van der Waals surface area contributed by atoms with E-state index in [4.69, 9.17) is 4.74 Å². The van der Waals surface area contributed by atoms with Gasteiger partial charge in [-0.15, -0.1) is 0 Å². The van der Waals surface area contributed by atoms with E-state index in [-0.39, 0.29) is 5.97 Å². The van der Waals surface area contributed by atoms with E-state index in [1.807, 2.05) is 0 Å².